The third-order valence-corrected chi connectivity index (χ3v) is 5.22. The first-order valence-corrected chi connectivity index (χ1v) is 10.0. The number of hydrogen-bond acceptors (Lipinski definition) is 4. The summed E-state index contributed by atoms with van der Waals surface area (Å²) >= 11 is 0. The molecule has 1 aliphatic rings. The predicted molar refractivity (Wildman–Crippen MR) is 119 cm³/mol. The molecule has 0 aromatic heterocycles. The third-order valence-electron chi connectivity index (χ3n) is 5.22. The zero-order chi connectivity index (χ0) is 24.5. The molecule has 9 heteroatoms. The largest absolute Gasteiger partial charge is 0.493 e. The Morgan fingerprint density at radius 3 is 2.41 bits per heavy atom. The maximum absolute atomic E-state index is 13.0. The fraction of sp³-hybridized carbons (Fsp3) is 0.120. The van der Waals surface area contributed by atoms with Gasteiger partial charge < -0.3 is 19.9 Å². The first kappa shape index (κ1) is 22.9. The van der Waals surface area contributed by atoms with Crippen molar-refractivity contribution in [3.63, 3.8) is 0 Å². The lowest BCUT2D eigenvalue weighted by molar-refractivity contribution is -0.137. The van der Waals surface area contributed by atoms with Crippen molar-refractivity contribution >= 4 is 29.2 Å². The van der Waals surface area contributed by atoms with E-state index in [1.807, 2.05) is 0 Å². The van der Waals surface area contributed by atoms with Crippen LogP contribution in [0.3, 0.4) is 0 Å². The maximum Gasteiger partial charge on any atom is 0.416 e. The van der Waals surface area contributed by atoms with E-state index in [9.17, 15) is 22.8 Å². The van der Waals surface area contributed by atoms with Crippen LogP contribution < -0.4 is 14.8 Å². The van der Waals surface area contributed by atoms with E-state index in [4.69, 9.17) is 14.6 Å². The van der Waals surface area contributed by atoms with Crippen LogP contribution in [0, 0.1) is 0 Å². The highest BCUT2D eigenvalue weighted by molar-refractivity contribution is 6.35. The molecule has 3 aromatic carbocycles. The normalized spacial score (nSPS) is 14.0. The first-order chi connectivity index (χ1) is 16.2. The lowest BCUT2D eigenvalue weighted by Gasteiger charge is -2.12. The minimum absolute atomic E-state index is 0.104. The Hall–Kier alpha value is -4.27. The number of carbonyl (C=O) groups is 2. The minimum atomic E-state index is -4.51. The van der Waals surface area contributed by atoms with E-state index in [0.717, 1.165) is 17.7 Å². The third kappa shape index (κ3) is 4.73. The summed E-state index contributed by atoms with van der Waals surface area (Å²) in [6.07, 6.45) is -2.95. The Labute approximate surface area is 192 Å². The lowest BCUT2D eigenvalue weighted by Crippen LogP contribution is -2.06. The molecule has 0 bridgehead atoms. The molecule has 0 fully saturated rings. The van der Waals surface area contributed by atoms with Crippen molar-refractivity contribution in [3.8, 4) is 11.5 Å². The number of rotatable bonds is 6. The molecular formula is C25H18F3NO5. The SMILES string of the molecule is COc1cc(/C=C2\C(=O)Nc3cc(C(F)(F)F)ccc32)ccc1OCc1ccc(C(=O)O)cc1. The summed E-state index contributed by atoms with van der Waals surface area (Å²) in [6.45, 7) is 0.175. The highest BCUT2D eigenvalue weighted by atomic mass is 19.4. The fourth-order valence-corrected chi connectivity index (χ4v) is 3.48. The summed E-state index contributed by atoms with van der Waals surface area (Å²) in [5.41, 5.74) is 1.40. The van der Waals surface area contributed by atoms with Gasteiger partial charge in [-0.3, -0.25) is 4.79 Å². The molecule has 0 saturated heterocycles. The Morgan fingerprint density at radius 1 is 1.03 bits per heavy atom. The smallest absolute Gasteiger partial charge is 0.416 e. The second kappa shape index (κ2) is 8.93. The molecule has 0 atom stereocenters. The number of anilines is 1. The van der Waals surface area contributed by atoms with Crippen LogP contribution in [0.5, 0.6) is 11.5 Å². The number of alkyl halides is 3. The molecule has 0 radical (unpaired) electrons. The molecule has 0 aliphatic carbocycles. The lowest BCUT2D eigenvalue weighted by atomic mass is 10.0. The van der Waals surface area contributed by atoms with E-state index in [1.165, 1.54) is 25.3 Å². The topological polar surface area (TPSA) is 84.9 Å². The number of amides is 1. The summed E-state index contributed by atoms with van der Waals surface area (Å²) in [5.74, 6) is -0.697. The van der Waals surface area contributed by atoms with Crippen LogP contribution in [0.2, 0.25) is 0 Å². The summed E-state index contributed by atoms with van der Waals surface area (Å²) in [7, 11) is 1.46. The molecular weight excluding hydrogens is 451 g/mol. The molecule has 0 saturated carbocycles. The number of carboxylic acids is 1. The van der Waals surface area contributed by atoms with Gasteiger partial charge in [-0.2, -0.15) is 13.2 Å². The number of fused-ring (bicyclic) bond motifs is 1. The number of methoxy groups -OCH3 is 1. The van der Waals surface area contributed by atoms with Gasteiger partial charge in [0.2, 0.25) is 0 Å². The number of halogens is 3. The van der Waals surface area contributed by atoms with Crippen molar-refractivity contribution in [2.45, 2.75) is 12.8 Å². The molecule has 2 N–H and O–H groups in total. The van der Waals surface area contributed by atoms with Gasteiger partial charge in [-0.15, -0.1) is 0 Å². The molecule has 3 aromatic rings. The molecule has 0 spiro atoms. The van der Waals surface area contributed by atoms with Gasteiger partial charge >= 0.3 is 12.1 Å². The van der Waals surface area contributed by atoms with E-state index >= 15 is 0 Å². The first-order valence-electron chi connectivity index (χ1n) is 10.0. The van der Waals surface area contributed by atoms with Crippen molar-refractivity contribution in [2.24, 2.45) is 0 Å². The Balaban J connectivity index is 1.55. The van der Waals surface area contributed by atoms with Crippen molar-refractivity contribution < 1.29 is 37.3 Å². The monoisotopic (exact) mass is 469 g/mol. The van der Waals surface area contributed by atoms with E-state index in [1.54, 1.807) is 36.4 Å². The Kier molecular flexibility index (Phi) is 6.02. The van der Waals surface area contributed by atoms with Crippen LogP contribution in [0.4, 0.5) is 18.9 Å². The summed E-state index contributed by atoms with van der Waals surface area (Å²) in [4.78, 5) is 23.3. The van der Waals surface area contributed by atoms with Gasteiger partial charge in [-0.25, -0.2) is 4.79 Å². The van der Waals surface area contributed by atoms with Crippen LogP contribution in [-0.4, -0.2) is 24.1 Å². The molecule has 1 heterocycles. The van der Waals surface area contributed by atoms with Crippen LogP contribution in [-0.2, 0) is 17.6 Å². The summed E-state index contributed by atoms with van der Waals surface area (Å²) < 4.78 is 50.1. The molecule has 1 amide bonds. The van der Waals surface area contributed by atoms with E-state index in [-0.39, 0.29) is 23.4 Å². The van der Waals surface area contributed by atoms with Gasteiger partial charge in [-0.05, 0) is 53.6 Å². The zero-order valence-corrected chi connectivity index (χ0v) is 17.8. The molecule has 174 valence electrons. The molecule has 34 heavy (non-hydrogen) atoms. The second-order valence-electron chi connectivity index (χ2n) is 7.47. The number of carbonyl (C=O) groups excluding carboxylic acids is 1. The number of hydrogen-bond donors (Lipinski definition) is 2. The van der Waals surface area contributed by atoms with E-state index < -0.39 is 23.6 Å². The summed E-state index contributed by atoms with van der Waals surface area (Å²) in [5, 5.41) is 11.4. The van der Waals surface area contributed by atoms with Gasteiger partial charge in [0.05, 0.1) is 18.2 Å². The molecule has 4 rings (SSSR count). The average molecular weight is 469 g/mol. The number of nitrogens with one attached hydrogen (secondary N) is 1. The van der Waals surface area contributed by atoms with Crippen LogP contribution >= 0.6 is 0 Å². The highest BCUT2D eigenvalue weighted by Gasteiger charge is 2.33. The number of aromatic carboxylic acids is 1. The standard InChI is InChI=1S/C25H18F3NO5/c1-33-22-11-15(4-9-21(22)34-13-14-2-5-16(6-3-14)24(31)32)10-19-18-8-7-17(25(26,27)28)12-20(18)29-23(19)30/h2-12H,13H2,1H3,(H,29,30)(H,31,32)/b19-10-. The summed E-state index contributed by atoms with van der Waals surface area (Å²) in [6, 6.07) is 14.4. The minimum Gasteiger partial charge on any atom is -0.493 e. The molecule has 1 aliphatic heterocycles. The van der Waals surface area contributed by atoms with E-state index in [2.05, 4.69) is 5.32 Å². The Bertz CT molecular complexity index is 1300. The quantitative estimate of drug-likeness (QED) is 0.467. The second-order valence-corrected chi connectivity index (χ2v) is 7.47. The zero-order valence-electron chi connectivity index (χ0n) is 17.8. The average Bonchev–Trinajstić information content (AvgIpc) is 3.12. The van der Waals surface area contributed by atoms with Gasteiger partial charge in [0, 0.05) is 16.8 Å². The van der Waals surface area contributed by atoms with Crippen LogP contribution in [0.15, 0.2) is 60.7 Å². The molecule has 6 nitrogen and oxygen atoms in total. The predicted octanol–water partition coefficient (Wildman–Crippen LogP) is 5.48. The maximum atomic E-state index is 13.0. The fourth-order valence-electron chi connectivity index (χ4n) is 3.48. The van der Waals surface area contributed by atoms with Gasteiger partial charge in [0.1, 0.15) is 6.61 Å². The van der Waals surface area contributed by atoms with Crippen molar-refractivity contribution in [1.29, 1.82) is 0 Å². The number of carboxylic acid groups (broad SMARTS) is 1. The van der Waals surface area contributed by atoms with Gasteiger partial charge in [-0.1, -0.05) is 24.3 Å². The van der Waals surface area contributed by atoms with Crippen molar-refractivity contribution in [3.05, 3.63) is 88.5 Å². The Morgan fingerprint density at radius 2 is 1.76 bits per heavy atom. The number of benzene rings is 3. The van der Waals surface area contributed by atoms with Gasteiger partial charge in [0.25, 0.3) is 5.91 Å². The highest BCUT2D eigenvalue weighted by Crippen LogP contribution is 2.39. The van der Waals surface area contributed by atoms with Crippen LogP contribution in [0.25, 0.3) is 11.6 Å². The number of ether oxygens (including phenoxy) is 2. The van der Waals surface area contributed by atoms with Crippen molar-refractivity contribution in [2.75, 3.05) is 12.4 Å². The van der Waals surface area contributed by atoms with E-state index in [0.29, 0.717) is 22.6 Å². The van der Waals surface area contributed by atoms with Crippen LogP contribution in [0.1, 0.15) is 32.6 Å². The molecule has 0 unspecified atom stereocenters. The van der Waals surface area contributed by atoms with Crippen molar-refractivity contribution in [1.82, 2.24) is 0 Å². The van der Waals surface area contributed by atoms with Gasteiger partial charge in [0.15, 0.2) is 11.5 Å².